The van der Waals surface area contributed by atoms with Crippen LogP contribution in [0.1, 0.15) is 39.0 Å². The molecule has 2 heterocycles. The fourth-order valence-electron chi connectivity index (χ4n) is 5.10. The van der Waals surface area contributed by atoms with Crippen molar-refractivity contribution >= 4 is 21.6 Å². The molecule has 2 fully saturated rings. The third kappa shape index (κ3) is 3.21. The van der Waals surface area contributed by atoms with Crippen molar-refractivity contribution in [1.82, 2.24) is 4.31 Å². The van der Waals surface area contributed by atoms with E-state index < -0.39 is 10.0 Å². The van der Waals surface area contributed by atoms with Gasteiger partial charge in [0.25, 0.3) is 0 Å². The van der Waals surface area contributed by atoms with Crippen LogP contribution in [0.25, 0.3) is 0 Å². The number of fused-ring (bicyclic) bond motifs is 1. The van der Waals surface area contributed by atoms with Gasteiger partial charge in [0.2, 0.25) is 15.9 Å². The zero-order valence-electron chi connectivity index (χ0n) is 16.5. The summed E-state index contributed by atoms with van der Waals surface area (Å²) in [7, 11) is -1.93. The van der Waals surface area contributed by atoms with Gasteiger partial charge < -0.3 is 14.4 Å². The maximum Gasteiger partial charge on any atom is 0.243 e. The highest BCUT2D eigenvalue weighted by molar-refractivity contribution is 7.89. The Hall–Kier alpha value is -1.64. The molecular weight excluding hydrogens is 380 g/mol. The monoisotopic (exact) mass is 408 g/mol. The topological polar surface area (TPSA) is 76.2 Å². The summed E-state index contributed by atoms with van der Waals surface area (Å²) in [6.07, 6.45) is 5.05. The zero-order chi connectivity index (χ0) is 19.9. The lowest BCUT2D eigenvalue weighted by Gasteiger charge is -2.43. The molecule has 8 heteroatoms. The summed E-state index contributed by atoms with van der Waals surface area (Å²) in [5.41, 5.74) is 0.449. The summed E-state index contributed by atoms with van der Waals surface area (Å²) in [5, 5.41) is 0. The summed E-state index contributed by atoms with van der Waals surface area (Å²) in [6.45, 7) is 3.33. The number of methoxy groups -OCH3 is 1. The molecule has 28 heavy (non-hydrogen) atoms. The van der Waals surface area contributed by atoms with Crippen LogP contribution in [0, 0.1) is 5.41 Å². The van der Waals surface area contributed by atoms with E-state index >= 15 is 0 Å². The molecule has 1 aromatic carbocycles. The maximum atomic E-state index is 13.4. The largest absolute Gasteiger partial charge is 0.490 e. The molecule has 3 aliphatic rings. The molecule has 2 atom stereocenters. The van der Waals surface area contributed by atoms with Gasteiger partial charge in [-0.2, -0.15) is 4.31 Å². The molecule has 1 amide bonds. The number of rotatable bonds is 3. The Morgan fingerprint density at radius 3 is 2.79 bits per heavy atom. The quantitative estimate of drug-likeness (QED) is 0.768. The summed E-state index contributed by atoms with van der Waals surface area (Å²) in [5.74, 6) is 0.427. The van der Waals surface area contributed by atoms with Crippen molar-refractivity contribution in [1.29, 1.82) is 0 Å². The first-order valence-corrected chi connectivity index (χ1v) is 11.4. The van der Waals surface area contributed by atoms with Crippen LogP contribution in [0.5, 0.6) is 5.75 Å². The minimum atomic E-state index is -3.66. The van der Waals surface area contributed by atoms with E-state index in [2.05, 4.69) is 0 Å². The molecule has 1 saturated heterocycles. The second-order valence-corrected chi connectivity index (χ2v) is 10.0. The molecule has 4 rings (SSSR count). The van der Waals surface area contributed by atoms with Crippen molar-refractivity contribution in [3.63, 3.8) is 0 Å². The van der Waals surface area contributed by atoms with Crippen LogP contribution in [-0.4, -0.2) is 58.1 Å². The molecule has 0 radical (unpaired) electrons. The van der Waals surface area contributed by atoms with Crippen molar-refractivity contribution in [3.8, 4) is 5.75 Å². The zero-order valence-corrected chi connectivity index (χ0v) is 17.3. The average molecular weight is 409 g/mol. The number of carbonyl (C=O) groups excluding carboxylic acids is 1. The normalized spacial score (nSPS) is 28.2. The van der Waals surface area contributed by atoms with E-state index in [9.17, 15) is 13.2 Å². The number of nitrogens with zero attached hydrogens (tertiary/aromatic N) is 2. The minimum Gasteiger partial charge on any atom is -0.490 e. The first-order valence-electron chi connectivity index (χ1n) is 9.95. The van der Waals surface area contributed by atoms with Gasteiger partial charge in [0.1, 0.15) is 12.4 Å². The van der Waals surface area contributed by atoms with Crippen molar-refractivity contribution < 1.29 is 22.7 Å². The third-order valence-electron chi connectivity index (χ3n) is 6.49. The number of carbonyl (C=O) groups is 1. The number of hydrogen-bond donors (Lipinski definition) is 0. The van der Waals surface area contributed by atoms with Gasteiger partial charge in [-0.1, -0.05) is 6.42 Å². The Morgan fingerprint density at radius 2 is 2.04 bits per heavy atom. The number of piperidine rings is 1. The average Bonchev–Trinajstić information content (AvgIpc) is 3.08. The van der Waals surface area contributed by atoms with Crippen LogP contribution in [0.15, 0.2) is 23.1 Å². The number of benzene rings is 1. The number of amides is 1. The van der Waals surface area contributed by atoms with Crippen LogP contribution in [-0.2, 0) is 19.6 Å². The van der Waals surface area contributed by atoms with Gasteiger partial charge in [0.05, 0.1) is 23.2 Å². The predicted molar refractivity (Wildman–Crippen MR) is 105 cm³/mol. The van der Waals surface area contributed by atoms with Gasteiger partial charge in [0, 0.05) is 32.5 Å². The van der Waals surface area contributed by atoms with Crippen molar-refractivity contribution in [2.45, 2.75) is 50.0 Å². The Kier molecular flexibility index (Phi) is 5.14. The van der Waals surface area contributed by atoms with Gasteiger partial charge in [0.15, 0.2) is 0 Å². The Morgan fingerprint density at radius 1 is 1.25 bits per heavy atom. The molecule has 0 N–H and O–H groups in total. The van der Waals surface area contributed by atoms with Crippen LogP contribution >= 0.6 is 0 Å². The summed E-state index contributed by atoms with van der Waals surface area (Å²) >= 11 is 0. The highest BCUT2D eigenvalue weighted by Gasteiger charge is 2.48. The van der Waals surface area contributed by atoms with Gasteiger partial charge in [-0.05, 0) is 43.9 Å². The van der Waals surface area contributed by atoms with Gasteiger partial charge >= 0.3 is 0 Å². The van der Waals surface area contributed by atoms with Crippen LogP contribution in [0.4, 0.5) is 5.69 Å². The predicted octanol–water partition coefficient (Wildman–Crippen LogP) is 2.40. The molecule has 1 saturated carbocycles. The first kappa shape index (κ1) is 19.7. The van der Waals surface area contributed by atoms with Crippen molar-refractivity contribution in [3.05, 3.63) is 18.2 Å². The lowest BCUT2D eigenvalue weighted by molar-refractivity contribution is -0.116. The van der Waals surface area contributed by atoms with Gasteiger partial charge in [-0.15, -0.1) is 0 Å². The molecule has 1 aromatic rings. The SMILES string of the molecule is CO[C@@H]1CCC[C@]12CCCN(S(=O)(=O)c1ccc3c(c1)N(C(C)=O)CCO3)C2. The van der Waals surface area contributed by atoms with E-state index in [4.69, 9.17) is 9.47 Å². The second-order valence-electron chi connectivity index (χ2n) is 8.07. The Labute approximate surface area is 166 Å². The van der Waals surface area contributed by atoms with E-state index in [-0.39, 0.29) is 22.3 Å². The van der Waals surface area contributed by atoms with E-state index in [1.54, 1.807) is 34.5 Å². The summed E-state index contributed by atoms with van der Waals surface area (Å²) in [4.78, 5) is 13.8. The fourth-order valence-corrected chi connectivity index (χ4v) is 6.69. The second kappa shape index (κ2) is 7.31. The molecule has 7 nitrogen and oxygen atoms in total. The highest BCUT2D eigenvalue weighted by atomic mass is 32.2. The van der Waals surface area contributed by atoms with E-state index in [0.29, 0.717) is 37.7 Å². The van der Waals surface area contributed by atoms with Crippen LogP contribution in [0.3, 0.4) is 0 Å². The Balaban J connectivity index is 1.65. The number of sulfonamides is 1. The molecule has 0 bridgehead atoms. The number of hydrogen-bond acceptors (Lipinski definition) is 5. The van der Waals surface area contributed by atoms with Crippen molar-refractivity contribution in [2.75, 3.05) is 38.3 Å². The molecule has 0 unspecified atom stereocenters. The van der Waals surface area contributed by atoms with E-state index in [1.807, 2.05) is 0 Å². The smallest absolute Gasteiger partial charge is 0.243 e. The molecule has 1 aliphatic carbocycles. The third-order valence-corrected chi connectivity index (χ3v) is 8.33. The molecule has 154 valence electrons. The van der Waals surface area contributed by atoms with Crippen LogP contribution < -0.4 is 9.64 Å². The van der Waals surface area contributed by atoms with E-state index in [0.717, 1.165) is 32.1 Å². The minimum absolute atomic E-state index is 0.0805. The number of ether oxygens (including phenoxy) is 2. The lowest BCUT2D eigenvalue weighted by Crippen LogP contribution is -2.49. The van der Waals surface area contributed by atoms with Gasteiger partial charge in [-0.25, -0.2) is 8.42 Å². The molecular formula is C20H28N2O5S. The highest BCUT2D eigenvalue weighted by Crippen LogP contribution is 2.47. The fraction of sp³-hybridized carbons (Fsp3) is 0.650. The van der Waals surface area contributed by atoms with Crippen LogP contribution in [0.2, 0.25) is 0 Å². The first-order chi connectivity index (χ1) is 13.4. The molecule has 2 aliphatic heterocycles. The molecule has 1 spiro atoms. The van der Waals surface area contributed by atoms with Gasteiger partial charge in [-0.3, -0.25) is 4.79 Å². The molecule has 0 aromatic heterocycles. The van der Waals surface area contributed by atoms with Crippen molar-refractivity contribution in [2.24, 2.45) is 5.41 Å². The summed E-state index contributed by atoms with van der Waals surface area (Å²) in [6, 6.07) is 4.82. The lowest BCUT2D eigenvalue weighted by atomic mass is 9.77. The Bertz CT molecular complexity index is 871. The number of anilines is 1. The summed E-state index contributed by atoms with van der Waals surface area (Å²) < 4.78 is 39.8. The maximum absolute atomic E-state index is 13.4. The standard InChI is InChI=1S/C20H28N2O5S/c1-15(23)22-11-12-27-18-7-6-16(13-17(18)22)28(24,25)21-10-4-9-20(14-21)8-3-5-19(20)26-2/h6-7,13,19H,3-5,8-12,14H2,1-2H3/t19-,20-/m1/s1. The van der Waals surface area contributed by atoms with E-state index in [1.165, 1.54) is 6.92 Å².